The maximum absolute atomic E-state index is 17.1. The quantitative estimate of drug-likeness (QED) is 0.560. The van der Waals surface area contributed by atoms with Crippen molar-refractivity contribution in [3.63, 3.8) is 0 Å². The van der Waals surface area contributed by atoms with Crippen molar-refractivity contribution >= 4 is 34.8 Å². The molecular weight excluding hydrogens is 494 g/mol. The molecule has 0 spiro atoms. The van der Waals surface area contributed by atoms with Crippen LogP contribution in [-0.2, 0) is 9.59 Å². The lowest BCUT2D eigenvalue weighted by Crippen LogP contribution is -2.69. The standard InChI is InChI=1S/C27H31Cl2FO5/c1-24-9-7-17(31)11-15(24)3-5-19-18-8-10-26(34,25(18,2)13-22(32)27(19,24)30)23(33)14-35-21-6-4-16(28)12-20(21)29/h4,6,11-12,18-19,22,32,34H,3,5,7-10,13-14H2,1-2H3/t18?,19?,22-,24?,25?,26-,27-/m0/s1. The summed E-state index contributed by atoms with van der Waals surface area (Å²) in [5, 5.41) is 23.8. The Hall–Kier alpha value is -1.47. The number of rotatable bonds is 4. The van der Waals surface area contributed by atoms with Gasteiger partial charge in [-0.1, -0.05) is 42.6 Å². The third-order valence-corrected chi connectivity index (χ3v) is 10.4. The minimum absolute atomic E-state index is 0.0105. The number of alkyl halides is 1. The fourth-order valence-electron chi connectivity index (χ4n) is 7.89. The van der Waals surface area contributed by atoms with Crippen LogP contribution in [0.2, 0.25) is 10.0 Å². The third kappa shape index (κ3) is 3.39. The number of Topliss-reactive ketones (excluding diaryl/α,β-unsaturated/α-hetero) is 1. The molecule has 2 N–H and O–H groups in total. The molecule has 35 heavy (non-hydrogen) atoms. The van der Waals surface area contributed by atoms with Gasteiger partial charge >= 0.3 is 0 Å². The van der Waals surface area contributed by atoms with E-state index in [4.69, 9.17) is 27.9 Å². The first-order valence-corrected chi connectivity index (χ1v) is 13.1. The second-order valence-corrected chi connectivity index (χ2v) is 12.2. The molecule has 0 saturated heterocycles. The Morgan fingerprint density at radius 3 is 2.63 bits per heavy atom. The van der Waals surface area contributed by atoms with Gasteiger partial charge in [-0.3, -0.25) is 9.59 Å². The first-order chi connectivity index (χ1) is 16.4. The van der Waals surface area contributed by atoms with Crippen LogP contribution in [0.15, 0.2) is 29.8 Å². The molecule has 0 aliphatic heterocycles. The van der Waals surface area contributed by atoms with Crippen LogP contribution in [0.1, 0.15) is 58.8 Å². The number of fused-ring (bicyclic) bond motifs is 5. The number of hydrogen-bond donors (Lipinski definition) is 2. The molecule has 5 rings (SSSR count). The van der Waals surface area contributed by atoms with E-state index in [2.05, 4.69) is 0 Å². The van der Waals surface area contributed by atoms with Gasteiger partial charge in [0.1, 0.15) is 23.6 Å². The van der Waals surface area contributed by atoms with Gasteiger partial charge < -0.3 is 14.9 Å². The highest BCUT2D eigenvalue weighted by molar-refractivity contribution is 6.35. The smallest absolute Gasteiger partial charge is 0.202 e. The topological polar surface area (TPSA) is 83.8 Å². The molecular formula is C27H31Cl2FO5. The molecule has 0 heterocycles. The number of ketones is 2. The highest BCUT2D eigenvalue weighted by Gasteiger charge is 2.74. The molecule has 4 aliphatic rings. The van der Waals surface area contributed by atoms with Crippen LogP contribution < -0.4 is 4.74 Å². The van der Waals surface area contributed by atoms with Gasteiger partial charge in [-0.25, -0.2) is 4.39 Å². The fraction of sp³-hybridized carbons (Fsp3) is 0.630. The lowest BCUT2D eigenvalue weighted by Gasteiger charge is -2.63. The lowest BCUT2D eigenvalue weighted by atomic mass is 9.44. The van der Waals surface area contributed by atoms with Gasteiger partial charge in [0.15, 0.2) is 5.78 Å². The van der Waals surface area contributed by atoms with Crippen LogP contribution in [-0.4, -0.2) is 45.8 Å². The Labute approximate surface area is 214 Å². The van der Waals surface area contributed by atoms with Gasteiger partial charge in [-0.05, 0) is 68.7 Å². The first kappa shape index (κ1) is 25.2. The van der Waals surface area contributed by atoms with Gasteiger partial charge in [0.2, 0.25) is 5.78 Å². The fourth-order valence-corrected chi connectivity index (χ4v) is 8.35. The average Bonchev–Trinajstić information content (AvgIpc) is 3.06. The summed E-state index contributed by atoms with van der Waals surface area (Å²) >= 11 is 12.1. The van der Waals surface area contributed by atoms with Crippen molar-refractivity contribution in [3.8, 4) is 5.75 Å². The van der Waals surface area contributed by atoms with Crippen LogP contribution in [0.5, 0.6) is 5.75 Å². The van der Waals surface area contributed by atoms with Crippen molar-refractivity contribution in [2.45, 2.75) is 76.2 Å². The summed E-state index contributed by atoms with van der Waals surface area (Å²) < 4.78 is 22.8. The zero-order valence-corrected chi connectivity index (χ0v) is 21.5. The molecule has 5 nitrogen and oxygen atoms in total. The first-order valence-electron chi connectivity index (χ1n) is 12.3. The summed E-state index contributed by atoms with van der Waals surface area (Å²) in [4.78, 5) is 25.4. The van der Waals surface area contributed by atoms with E-state index in [-0.39, 0.29) is 41.7 Å². The molecule has 1 aromatic carbocycles. The van der Waals surface area contributed by atoms with E-state index >= 15 is 4.39 Å². The molecule has 3 fully saturated rings. The van der Waals surface area contributed by atoms with E-state index in [9.17, 15) is 19.8 Å². The van der Waals surface area contributed by atoms with Gasteiger partial charge in [0.25, 0.3) is 0 Å². The molecule has 8 heteroatoms. The molecule has 0 amide bonds. The maximum Gasteiger partial charge on any atom is 0.202 e. The van der Waals surface area contributed by atoms with Gasteiger partial charge in [-0.2, -0.15) is 0 Å². The van der Waals surface area contributed by atoms with Crippen LogP contribution >= 0.6 is 23.2 Å². The number of carbonyl (C=O) groups is 2. The molecule has 190 valence electrons. The summed E-state index contributed by atoms with van der Waals surface area (Å²) in [5.41, 5.74) is -4.81. The molecule has 3 saturated carbocycles. The van der Waals surface area contributed by atoms with Crippen molar-refractivity contribution in [2.24, 2.45) is 22.7 Å². The number of hydrogen-bond acceptors (Lipinski definition) is 5. The third-order valence-electron chi connectivity index (χ3n) is 9.91. The van der Waals surface area contributed by atoms with Crippen LogP contribution in [0.4, 0.5) is 4.39 Å². The number of ether oxygens (including phenoxy) is 1. The Morgan fingerprint density at radius 1 is 1.17 bits per heavy atom. The summed E-state index contributed by atoms with van der Waals surface area (Å²) in [6, 6.07) is 4.66. The summed E-state index contributed by atoms with van der Waals surface area (Å²) in [6.07, 6.45) is 2.54. The largest absolute Gasteiger partial charge is 0.484 e. The molecule has 0 aromatic heterocycles. The Kier molecular flexibility index (Phi) is 5.95. The van der Waals surface area contributed by atoms with Crippen molar-refractivity contribution < 1.29 is 28.9 Å². The Morgan fingerprint density at radius 2 is 1.91 bits per heavy atom. The second kappa shape index (κ2) is 8.27. The van der Waals surface area contributed by atoms with Crippen molar-refractivity contribution in [3.05, 3.63) is 39.9 Å². The van der Waals surface area contributed by atoms with Gasteiger partial charge in [-0.15, -0.1) is 0 Å². The molecule has 1 aromatic rings. The van der Waals surface area contributed by atoms with Crippen molar-refractivity contribution in [2.75, 3.05) is 6.61 Å². The van der Waals surface area contributed by atoms with E-state index in [0.717, 1.165) is 5.57 Å². The van der Waals surface area contributed by atoms with Crippen LogP contribution in [0.25, 0.3) is 0 Å². The van der Waals surface area contributed by atoms with E-state index < -0.39 is 46.5 Å². The molecule has 0 bridgehead atoms. The molecule has 4 unspecified atom stereocenters. The van der Waals surface area contributed by atoms with E-state index in [1.807, 2.05) is 6.92 Å². The summed E-state index contributed by atoms with van der Waals surface area (Å²) in [7, 11) is 0. The van der Waals surface area contributed by atoms with E-state index in [1.54, 1.807) is 25.1 Å². The number of aliphatic hydroxyl groups is 2. The minimum Gasteiger partial charge on any atom is -0.484 e. The van der Waals surface area contributed by atoms with E-state index in [0.29, 0.717) is 30.7 Å². The predicted molar refractivity (Wildman–Crippen MR) is 130 cm³/mol. The zero-order chi connectivity index (χ0) is 25.4. The van der Waals surface area contributed by atoms with Gasteiger partial charge in [0.05, 0.1) is 11.1 Å². The molecule has 7 atom stereocenters. The average molecular weight is 525 g/mol. The summed E-state index contributed by atoms with van der Waals surface area (Å²) in [6.45, 7) is 3.24. The minimum atomic E-state index is -1.91. The van der Waals surface area contributed by atoms with Gasteiger partial charge in [0, 0.05) is 28.2 Å². The van der Waals surface area contributed by atoms with Crippen LogP contribution in [0.3, 0.4) is 0 Å². The number of halogens is 3. The van der Waals surface area contributed by atoms with E-state index in [1.165, 1.54) is 6.07 Å². The Balaban J connectivity index is 1.43. The zero-order valence-electron chi connectivity index (χ0n) is 20.0. The summed E-state index contributed by atoms with van der Waals surface area (Å²) in [5.74, 6) is -1.00. The predicted octanol–water partition coefficient (Wildman–Crippen LogP) is 5.27. The highest BCUT2D eigenvalue weighted by Crippen LogP contribution is 2.70. The van der Waals surface area contributed by atoms with Crippen molar-refractivity contribution in [1.29, 1.82) is 0 Å². The lowest BCUT2D eigenvalue weighted by molar-refractivity contribution is -0.226. The highest BCUT2D eigenvalue weighted by atomic mass is 35.5. The van der Waals surface area contributed by atoms with Crippen molar-refractivity contribution in [1.82, 2.24) is 0 Å². The number of aliphatic hydroxyl groups excluding tert-OH is 1. The normalized spacial score (nSPS) is 42.5. The number of allylic oxidation sites excluding steroid dienone is 1. The monoisotopic (exact) mass is 524 g/mol. The molecule has 0 radical (unpaired) electrons. The van der Waals surface area contributed by atoms with Crippen LogP contribution in [0, 0.1) is 22.7 Å². The maximum atomic E-state index is 17.1. The number of carbonyl (C=O) groups excluding carboxylic acids is 2. The molecule has 4 aliphatic carbocycles. The second-order valence-electron chi connectivity index (χ2n) is 11.3. The number of benzene rings is 1. The Bertz CT molecular complexity index is 1120. The SMILES string of the molecule is CC12C[C@H](O)[C@@]3(F)C(CCC4=CC(=O)CCC43C)C1CC[C@]2(O)C(=O)COc1ccc(Cl)cc1Cl.